The molecule has 0 amide bonds. The van der Waals surface area contributed by atoms with Crippen molar-refractivity contribution in [2.24, 2.45) is 0 Å². The summed E-state index contributed by atoms with van der Waals surface area (Å²) in [7, 11) is 1.25. The highest BCUT2D eigenvalue weighted by molar-refractivity contribution is 8.16. The van der Waals surface area contributed by atoms with Crippen LogP contribution in [-0.2, 0) is 8.82 Å². The molecule has 7 heteroatoms. The number of phenolic OH excluding ortho intramolecular Hbond substituents is 1. The maximum Gasteiger partial charge on any atom is 0.341 e. The van der Waals surface area contributed by atoms with Crippen LogP contribution in [0.15, 0.2) is 36.4 Å². The van der Waals surface area contributed by atoms with Crippen molar-refractivity contribution in [3.8, 4) is 23.3 Å². The fourth-order valence-corrected chi connectivity index (χ4v) is 5.23. The molecule has 1 heterocycles. The van der Waals surface area contributed by atoms with Gasteiger partial charge in [0.05, 0.1) is 17.8 Å². The second-order valence-corrected chi connectivity index (χ2v) is 8.88. The summed E-state index contributed by atoms with van der Waals surface area (Å²) in [5.74, 6) is 5.54. The zero-order valence-corrected chi connectivity index (χ0v) is 18.0. The van der Waals surface area contributed by atoms with Crippen LogP contribution in [0.3, 0.4) is 0 Å². The molecule has 1 aliphatic heterocycles. The van der Waals surface area contributed by atoms with Crippen LogP contribution in [0.2, 0.25) is 0 Å². The number of carbonyl (C=O) groups excluding carboxylic acids is 1. The average Bonchev–Trinajstić information content (AvgIpc) is 2.76. The molecule has 152 valence electrons. The summed E-state index contributed by atoms with van der Waals surface area (Å²) < 4.78 is 10.4. The Morgan fingerprint density at radius 3 is 2.66 bits per heavy atom. The van der Waals surface area contributed by atoms with Crippen molar-refractivity contribution in [2.45, 2.75) is 16.6 Å². The van der Waals surface area contributed by atoms with E-state index < -0.39 is 12.1 Å². The van der Waals surface area contributed by atoms with Crippen molar-refractivity contribution in [1.29, 1.82) is 0 Å². The monoisotopic (exact) mass is 430 g/mol. The summed E-state index contributed by atoms with van der Waals surface area (Å²) in [6.45, 7) is 0.631. The molecule has 1 unspecified atom stereocenters. The van der Waals surface area contributed by atoms with Gasteiger partial charge in [-0.15, -0.1) is 23.5 Å². The largest absolute Gasteiger partial charge is 0.507 e. The fourth-order valence-electron chi connectivity index (χ4n) is 3.21. The van der Waals surface area contributed by atoms with Crippen LogP contribution in [-0.4, -0.2) is 42.4 Å². The number of thioether (sulfide) groups is 2. The molecule has 0 bridgehead atoms. The molecular formula is C22H22O5S2. The zero-order valence-electron chi connectivity index (χ0n) is 16.4. The van der Waals surface area contributed by atoms with Crippen LogP contribution in [0.5, 0.6) is 11.5 Å². The number of rotatable bonds is 4. The number of benzene rings is 2. The highest BCUT2D eigenvalue weighted by atomic mass is 32.2. The summed E-state index contributed by atoms with van der Waals surface area (Å²) in [6.07, 6.45) is 4.11. The number of aliphatic hydroxyl groups excluding tert-OH is 1. The molecule has 1 atom stereocenters. The van der Waals surface area contributed by atoms with Crippen molar-refractivity contribution < 1.29 is 24.5 Å². The summed E-state index contributed by atoms with van der Waals surface area (Å²) in [5, 5.41) is 20.5. The molecule has 2 aromatic rings. The SMILES string of the molecule is COC(=O)c1ccc(C#CC(O)c2ccc3c(c2)OCCC3(SC)SC)cc1O. The number of methoxy groups -OCH3 is 1. The lowest BCUT2D eigenvalue weighted by Gasteiger charge is -2.36. The molecule has 2 aromatic carbocycles. The lowest BCUT2D eigenvalue weighted by molar-refractivity contribution is 0.0597. The smallest absolute Gasteiger partial charge is 0.341 e. The van der Waals surface area contributed by atoms with E-state index in [-0.39, 0.29) is 15.4 Å². The van der Waals surface area contributed by atoms with Gasteiger partial charge in [-0.05, 0) is 42.3 Å². The zero-order chi connectivity index (χ0) is 21.0. The number of esters is 1. The van der Waals surface area contributed by atoms with Crippen LogP contribution < -0.4 is 4.74 Å². The molecule has 5 nitrogen and oxygen atoms in total. The first kappa shape index (κ1) is 21.4. The van der Waals surface area contributed by atoms with Gasteiger partial charge in [0.25, 0.3) is 0 Å². The molecule has 1 aliphatic rings. The first-order chi connectivity index (χ1) is 13.9. The van der Waals surface area contributed by atoms with Crippen molar-refractivity contribution in [2.75, 3.05) is 26.2 Å². The van der Waals surface area contributed by atoms with E-state index in [4.69, 9.17) is 4.74 Å². The van der Waals surface area contributed by atoms with E-state index in [2.05, 4.69) is 29.1 Å². The predicted molar refractivity (Wildman–Crippen MR) is 117 cm³/mol. The minimum atomic E-state index is -1.01. The molecule has 3 rings (SSSR count). The van der Waals surface area contributed by atoms with E-state index in [1.54, 1.807) is 29.6 Å². The molecule has 0 radical (unpaired) electrons. The number of ether oxygens (including phenoxy) is 2. The van der Waals surface area contributed by atoms with Gasteiger partial charge in [0.2, 0.25) is 0 Å². The van der Waals surface area contributed by atoms with Crippen LogP contribution in [0.4, 0.5) is 0 Å². The maximum absolute atomic E-state index is 11.5. The molecule has 0 saturated carbocycles. The van der Waals surface area contributed by atoms with Gasteiger partial charge < -0.3 is 19.7 Å². The van der Waals surface area contributed by atoms with Gasteiger partial charge in [-0.25, -0.2) is 4.79 Å². The van der Waals surface area contributed by atoms with Crippen LogP contribution in [0.1, 0.15) is 39.6 Å². The summed E-state index contributed by atoms with van der Waals surface area (Å²) in [4.78, 5) is 11.5. The van der Waals surface area contributed by atoms with E-state index in [1.165, 1.54) is 19.2 Å². The predicted octanol–water partition coefficient (Wildman–Crippen LogP) is 3.93. The molecule has 0 fully saturated rings. The summed E-state index contributed by atoms with van der Waals surface area (Å²) >= 11 is 3.60. The molecule has 29 heavy (non-hydrogen) atoms. The Bertz CT molecular complexity index is 973. The summed E-state index contributed by atoms with van der Waals surface area (Å²) in [5.41, 5.74) is 2.31. The Morgan fingerprint density at radius 2 is 2.00 bits per heavy atom. The minimum absolute atomic E-state index is 0.0400. The Labute approximate surface area is 178 Å². The van der Waals surface area contributed by atoms with Gasteiger partial charge in [0.1, 0.15) is 23.2 Å². The number of aromatic hydroxyl groups is 1. The number of fused-ring (bicyclic) bond motifs is 1. The van der Waals surface area contributed by atoms with E-state index >= 15 is 0 Å². The second-order valence-electron chi connectivity index (χ2n) is 6.41. The number of hydrogen-bond acceptors (Lipinski definition) is 7. The Hall–Kier alpha value is -2.27. The highest BCUT2D eigenvalue weighted by Crippen LogP contribution is 2.52. The lowest BCUT2D eigenvalue weighted by Crippen LogP contribution is -2.26. The van der Waals surface area contributed by atoms with Crippen molar-refractivity contribution >= 4 is 29.5 Å². The molecule has 0 aliphatic carbocycles. The van der Waals surface area contributed by atoms with Gasteiger partial charge in [-0.3, -0.25) is 0 Å². The Balaban J connectivity index is 1.83. The van der Waals surface area contributed by atoms with Crippen molar-refractivity contribution in [1.82, 2.24) is 0 Å². The first-order valence-corrected chi connectivity index (χ1v) is 11.4. The molecule has 0 aromatic heterocycles. The minimum Gasteiger partial charge on any atom is -0.507 e. The van der Waals surface area contributed by atoms with Gasteiger partial charge in [-0.1, -0.05) is 24.0 Å². The molecule has 0 spiro atoms. The van der Waals surface area contributed by atoms with E-state index in [0.29, 0.717) is 17.7 Å². The van der Waals surface area contributed by atoms with Crippen LogP contribution in [0.25, 0.3) is 0 Å². The number of aliphatic hydroxyl groups is 1. The lowest BCUT2D eigenvalue weighted by atomic mass is 10.0. The van der Waals surface area contributed by atoms with Gasteiger partial charge in [-0.2, -0.15) is 0 Å². The van der Waals surface area contributed by atoms with Gasteiger partial charge in [0.15, 0.2) is 0 Å². The normalized spacial score (nSPS) is 15.3. The van der Waals surface area contributed by atoms with Gasteiger partial charge >= 0.3 is 5.97 Å². The Morgan fingerprint density at radius 1 is 1.24 bits per heavy atom. The third-order valence-electron chi connectivity index (χ3n) is 4.84. The summed E-state index contributed by atoms with van der Waals surface area (Å²) in [6, 6.07) is 10.1. The molecule has 0 saturated heterocycles. The number of phenols is 1. The fraction of sp³-hybridized carbons (Fsp3) is 0.318. The van der Waals surface area contributed by atoms with Crippen LogP contribution >= 0.6 is 23.5 Å². The van der Waals surface area contributed by atoms with Crippen molar-refractivity contribution in [3.05, 3.63) is 58.7 Å². The average molecular weight is 431 g/mol. The van der Waals surface area contributed by atoms with Crippen molar-refractivity contribution in [3.63, 3.8) is 0 Å². The molecular weight excluding hydrogens is 408 g/mol. The van der Waals surface area contributed by atoms with E-state index in [9.17, 15) is 15.0 Å². The van der Waals surface area contributed by atoms with E-state index in [0.717, 1.165) is 17.7 Å². The Kier molecular flexibility index (Phi) is 6.68. The number of hydrogen-bond donors (Lipinski definition) is 2. The maximum atomic E-state index is 11.5. The van der Waals surface area contributed by atoms with Gasteiger partial charge in [0, 0.05) is 17.5 Å². The standard InChI is InChI=1S/C22H22O5S2/c1-26-21(25)16-7-4-14(12-19(16)24)5-9-18(23)15-6-8-17-20(13-15)27-11-10-22(17,28-2)29-3/h4,6-8,12-13,18,23-24H,10-11H2,1-3H3. The topological polar surface area (TPSA) is 76.0 Å². The molecule has 2 N–H and O–H groups in total. The van der Waals surface area contributed by atoms with Crippen LogP contribution in [0, 0.1) is 11.8 Å². The second kappa shape index (κ2) is 9.04. The third kappa shape index (κ3) is 4.35. The quantitative estimate of drug-likeness (QED) is 0.432. The number of carbonyl (C=O) groups is 1. The highest BCUT2D eigenvalue weighted by Gasteiger charge is 2.36. The first-order valence-electron chi connectivity index (χ1n) is 8.92. The van der Waals surface area contributed by atoms with E-state index in [1.807, 2.05) is 18.2 Å². The third-order valence-corrected chi connectivity index (χ3v) is 8.00.